The minimum atomic E-state index is 0.297. The molecular formula is C11H19N3OS. The zero-order chi connectivity index (χ0) is 11.8. The normalized spacial score (nSPS) is 11.9. The standard InChI is InChI=1S/C11H19N3OS/c1-2-9-5-6-10(16-9)8-13-7-3-4-11(12)14-15/h5-6,13,15H,2-4,7-8H2,1H3,(H2,12,14). The lowest BCUT2D eigenvalue weighted by molar-refractivity contribution is 0.316. The second kappa shape index (κ2) is 7.24. The fraction of sp³-hybridized carbons (Fsp3) is 0.545. The number of nitrogens with zero attached hydrogens (tertiary/aromatic N) is 1. The Kier molecular flexibility index (Phi) is 5.88. The largest absolute Gasteiger partial charge is 0.409 e. The minimum absolute atomic E-state index is 0.297. The SMILES string of the molecule is CCc1ccc(CNCCC/C(N)=N/O)s1. The van der Waals surface area contributed by atoms with Gasteiger partial charge in [-0.15, -0.1) is 11.3 Å². The van der Waals surface area contributed by atoms with Crippen LogP contribution in [0.3, 0.4) is 0 Å². The van der Waals surface area contributed by atoms with E-state index in [1.165, 1.54) is 9.75 Å². The highest BCUT2D eigenvalue weighted by Gasteiger charge is 1.98. The molecule has 1 rings (SSSR count). The third kappa shape index (κ3) is 4.63. The van der Waals surface area contributed by atoms with Crippen molar-refractivity contribution in [1.29, 1.82) is 0 Å². The molecular weight excluding hydrogens is 222 g/mol. The van der Waals surface area contributed by atoms with Gasteiger partial charge in [0.2, 0.25) is 0 Å². The van der Waals surface area contributed by atoms with Crippen molar-refractivity contribution >= 4 is 17.2 Å². The number of oxime groups is 1. The van der Waals surface area contributed by atoms with Crippen molar-refractivity contribution in [1.82, 2.24) is 5.32 Å². The Balaban J connectivity index is 2.11. The van der Waals surface area contributed by atoms with Crippen molar-refractivity contribution in [3.8, 4) is 0 Å². The van der Waals surface area contributed by atoms with E-state index < -0.39 is 0 Å². The summed E-state index contributed by atoms with van der Waals surface area (Å²) in [6, 6.07) is 4.35. The Hall–Kier alpha value is -1.07. The zero-order valence-electron chi connectivity index (χ0n) is 9.57. The molecule has 0 atom stereocenters. The van der Waals surface area contributed by atoms with Crippen LogP contribution in [0.2, 0.25) is 0 Å². The van der Waals surface area contributed by atoms with Gasteiger partial charge in [-0.1, -0.05) is 12.1 Å². The number of rotatable bonds is 7. The van der Waals surface area contributed by atoms with Crippen LogP contribution in [0.25, 0.3) is 0 Å². The number of nitrogens with one attached hydrogen (secondary N) is 1. The van der Waals surface area contributed by atoms with Gasteiger partial charge in [0.15, 0.2) is 0 Å². The highest BCUT2D eigenvalue weighted by atomic mass is 32.1. The van der Waals surface area contributed by atoms with Gasteiger partial charge >= 0.3 is 0 Å². The molecule has 1 aromatic heterocycles. The Bertz CT molecular complexity index is 336. The van der Waals surface area contributed by atoms with Crippen molar-refractivity contribution in [3.05, 3.63) is 21.9 Å². The van der Waals surface area contributed by atoms with Crippen LogP contribution < -0.4 is 11.1 Å². The molecule has 0 spiro atoms. The van der Waals surface area contributed by atoms with E-state index in [-0.39, 0.29) is 0 Å². The molecule has 0 aliphatic carbocycles. The minimum Gasteiger partial charge on any atom is -0.409 e. The van der Waals surface area contributed by atoms with E-state index in [0.29, 0.717) is 12.3 Å². The van der Waals surface area contributed by atoms with Crippen LogP contribution in [-0.2, 0) is 13.0 Å². The number of thiophene rings is 1. The van der Waals surface area contributed by atoms with E-state index in [1.807, 2.05) is 11.3 Å². The molecule has 4 nitrogen and oxygen atoms in total. The molecule has 16 heavy (non-hydrogen) atoms. The number of aryl methyl sites for hydroxylation is 1. The van der Waals surface area contributed by atoms with Gasteiger partial charge in [-0.3, -0.25) is 0 Å². The quantitative estimate of drug-likeness (QED) is 0.224. The van der Waals surface area contributed by atoms with Gasteiger partial charge in [-0.2, -0.15) is 0 Å². The summed E-state index contributed by atoms with van der Waals surface area (Å²) in [4.78, 5) is 2.79. The first kappa shape index (κ1) is 13.0. The number of hydrogen-bond acceptors (Lipinski definition) is 4. The van der Waals surface area contributed by atoms with Crippen LogP contribution in [0, 0.1) is 0 Å². The van der Waals surface area contributed by atoms with E-state index in [9.17, 15) is 0 Å². The highest BCUT2D eigenvalue weighted by molar-refractivity contribution is 7.11. The molecule has 0 fully saturated rings. The zero-order valence-corrected chi connectivity index (χ0v) is 10.4. The van der Waals surface area contributed by atoms with Crippen molar-refractivity contribution in [2.75, 3.05) is 6.54 Å². The molecule has 0 saturated carbocycles. The number of amidine groups is 1. The third-order valence-corrected chi connectivity index (χ3v) is 3.51. The molecule has 0 aliphatic heterocycles. The van der Waals surface area contributed by atoms with Crippen molar-refractivity contribution < 1.29 is 5.21 Å². The molecule has 0 saturated heterocycles. The predicted molar refractivity (Wildman–Crippen MR) is 68.0 cm³/mol. The highest BCUT2D eigenvalue weighted by Crippen LogP contribution is 2.16. The molecule has 0 aromatic carbocycles. The summed E-state index contributed by atoms with van der Waals surface area (Å²) in [5.74, 6) is 0.297. The molecule has 0 aliphatic rings. The van der Waals surface area contributed by atoms with Crippen LogP contribution in [0.1, 0.15) is 29.5 Å². The first-order valence-electron chi connectivity index (χ1n) is 5.51. The summed E-state index contributed by atoms with van der Waals surface area (Å²) >= 11 is 1.85. The van der Waals surface area contributed by atoms with Gasteiger partial charge in [0.1, 0.15) is 5.84 Å². The maximum atomic E-state index is 8.34. The predicted octanol–water partition coefficient (Wildman–Crippen LogP) is 1.93. The fourth-order valence-corrected chi connectivity index (χ4v) is 2.29. The van der Waals surface area contributed by atoms with E-state index in [1.54, 1.807) is 0 Å². The maximum Gasteiger partial charge on any atom is 0.139 e. The molecule has 0 unspecified atom stereocenters. The van der Waals surface area contributed by atoms with Crippen LogP contribution in [0.15, 0.2) is 17.3 Å². The van der Waals surface area contributed by atoms with Crippen LogP contribution >= 0.6 is 11.3 Å². The van der Waals surface area contributed by atoms with Gasteiger partial charge in [-0.25, -0.2) is 0 Å². The average molecular weight is 241 g/mol. The van der Waals surface area contributed by atoms with Gasteiger partial charge in [0.05, 0.1) is 0 Å². The average Bonchev–Trinajstić information content (AvgIpc) is 2.76. The molecule has 0 bridgehead atoms. The van der Waals surface area contributed by atoms with Gasteiger partial charge in [0.25, 0.3) is 0 Å². The summed E-state index contributed by atoms with van der Waals surface area (Å²) in [6.45, 7) is 3.95. The van der Waals surface area contributed by atoms with E-state index in [4.69, 9.17) is 10.9 Å². The molecule has 1 heterocycles. The van der Waals surface area contributed by atoms with Crippen LogP contribution in [-0.4, -0.2) is 17.6 Å². The first-order valence-corrected chi connectivity index (χ1v) is 6.32. The number of hydrogen-bond donors (Lipinski definition) is 3. The van der Waals surface area contributed by atoms with Crippen LogP contribution in [0.4, 0.5) is 0 Å². The molecule has 5 heteroatoms. The Morgan fingerprint density at radius 2 is 2.25 bits per heavy atom. The van der Waals surface area contributed by atoms with E-state index in [0.717, 1.165) is 25.9 Å². The van der Waals surface area contributed by atoms with Gasteiger partial charge < -0.3 is 16.3 Å². The lowest BCUT2D eigenvalue weighted by atomic mass is 10.3. The second-order valence-electron chi connectivity index (χ2n) is 3.59. The summed E-state index contributed by atoms with van der Waals surface area (Å²) in [6.07, 6.45) is 2.63. The molecule has 90 valence electrons. The topological polar surface area (TPSA) is 70.6 Å². The summed E-state index contributed by atoms with van der Waals surface area (Å²) in [5.41, 5.74) is 5.36. The first-order chi connectivity index (χ1) is 7.76. The number of nitrogens with two attached hydrogens (primary N) is 1. The second-order valence-corrected chi connectivity index (χ2v) is 4.85. The van der Waals surface area contributed by atoms with Gasteiger partial charge in [-0.05, 0) is 31.5 Å². The Labute approximate surface area is 100 Å². The lowest BCUT2D eigenvalue weighted by Gasteiger charge is -2.02. The molecule has 0 radical (unpaired) electrons. The third-order valence-electron chi connectivity index (χ3n) is 2.28. The van der Waals surface area contributed by atoms with E-state index >= 15 is 0 Å². The van der Waals surface area contributed by atoms with Crippen molar-refractivity contribution in [2.24, 2.45) is 10.9 Å². The van der Waals surface area contributed by atoms with Gasteiger partial charge in [0, 0.05) is 22.7 Å². The maximum absolute atomic E-state index is 8.34. The lowest BCUT2D eigenvalue weighted by Crippen LogP contribution is -2.18. The summed E-state index contributed by atoms with van der Waals surface area (Å²) in [7, 11) is 0. The Morgan fingerprint density at radius 1 is 1.50 bits per heavy atom. The van der Waals surface area contributed by atoms with Crippen molar-refractivity contribution in [3.63, 3.8) is 0 Å². The fourth-order valence-electron chi connectivity index (χ4n) is 1.36. The monoisotopic (exact) mass is 241 g/mol. The molecule has 4 N–H and O–H groups in total. The smallest absolute Gasteiger partial charge is 0.139 e. The van der Waals surface area contributed by atoms with Crippen molar-refractivity contribution in [2.45, 2.75) is 32.7 Å². The van der Waals surface area contributed by atoms with E-state index in [2.05, 4.69) is 29.5 Å². The van der Waals surface area contributed by atoms with Crippen LogP contribution in [0.5, 0.6) is 0 Å². The summed E-state index contributed by atoms with van der Waals surface area (Å²) in [5, 5.41) is 14.6. The summed E-state index contributed by atoms with van der Waals surface area (Å²) < 4.78 is 0. The Morgan fingerprint density at radius 3 is 2.88 bits per heavy atom. The molecule has 1 aromatic rings. The molecule has 0 amide bonds.